The number of rotatable bonds is 4. The van der Waals surface area contributed by atoms with Crippen LogP contribution in [0.1, 0.15) is 130 Å². The second kappa shape index (κ2) is 10.3. The molecule has 1 fully saturated rings. The average Bonchev–Trinajstić information content (AvgIpc) is 3.25. The second-order valence-electron chi connectivity index (χ2n) is 10.8. The fourth-order valence-electron chi connectivity index (χ4n) is 6.10. The van der Waals surface area contributed by atoms with E-state index < -0.39 is 0 Å². The predicted octanol–water partition coefficient (Wildman–Crippen LogP) is 9.95. The van der Waals surface area contributed by atoms with Gasteiger partial charge in [0.15, 0.2) is 0 Å². The quantitative estimate of drug-likeness (QED) is 0.379. The third-order valence-electron chi connectivity index (χ3n) is 8.45. The molecule has 1 aromatic heterocycles. The number of aromatic nitrogens is 2. The molecule has 34 heavy (non-hydrogen) atoms. The number of hydrogen-bond acceptors (Lipinski definition) is 1. The van der Waals surface area contributed by atoms with Gasteiger partial charge in [0.2, 0.25) is 0 Å². The summed E-state index contributed by atoms with van der Waals surface area (Å²) in [4.78, 5) is 5.29. The molecule has 1 unspecified atom stereocenters. The van der Waals surface area contributed by atoms with Crippen molar-refractivity contribution in [2.24, 2.45) is 0 Å². The van der Waals surface area contributed by atoms with Gasteiger partial charge in [0.1, 0.15) is 5.82 Å². The van der Waals surface area contributed by atoms with E-state index in [2.05, 4.69) is 82.5 Å². The standard InChI is InChI=1S/C28H36N2.2C2H6/c1-7-19(4)20-10-8-9-11-21(20)26-29-24-16-22-23(17-25(24)30(26)18(2)3)28(6)14-12-27(22,5)13-15-28;2*1-2/h8-11,16-19H,7,12-15H2,1-6H3;2*1-2H3. The minimum Gasteiger partial charge on any atom is -0.321 e. The molecular weight excluding hydrogens is 412 g/mol. The summed E-state index contributed by atoms with van der Waals surface area (Å²) in [5.74, 6) is 1.67. The summed E-state index contributed by atoms with van der Waals surface area (Å²) < 4.78 is 2.49. The van der Waals surface area contributed by atoms with Gasteiger partial charge in [-0.25, -0.2) is 4.98 Å². The van der Waals surface area contributed by atoms with Crippen molar-refractivity contribution >= 4 is 11.0 Å². The van der Waals surface area contributed by atoms with Crippen LogP contribution in [0.15, 0.2) is 36.4 Å². The summed E-state index contributed by atoms with van der Waals surface area (Å²) >= 11 is 0. The van der Waals surface area contributed by atoms with Gasteiger partial charge in [-0.3, -0.25) is 0 Å². The zero-order valence-electron chi connectivity index (χ0n) is 23.5. The van der Waals surface area contributed by atoms with Crippen LogP contribution in [0.4, 0.5) is 0 Å². The first-order valence-electron chi connectivity index (χ1n) is 13.9. The van der Waals surface area contributed by atoms with E-state index >= 15 is 0 Å². The van der Waals surface area contributed by atoms with Crippen molar-refractivity contribution in [1.82, 2.24) is 9.55 Å². The molecule has 0 radical (unpaired) electrons. The molecule has 0 spiro atoms. The van der Waals surface area contributed by atoms with Crippen molar-refractivity contribution in [1.29, 1.82) is 0 Å². The molecule has 0 amide bonds. The Balaban J connectivity index is 0.000000771. The first kappa shape index (κ1) is 26.5. The van der Waals surface area contributed by atoms with Gasteiger partial charge in [0.25, 0.3) is 0 Å². The first-order valence-corrected chi connectivity index (χ1v) is 13.9. The lowest BCUT2D eigenvalue weighted by atomic mass is 9.52. The molecule has 1 atom stereocenters. The maximum absolute atomic E-state index is 5.29. The second-order valence-corrected chi connectivity index (χ2v) is 10.8. The van der Waals surface area contributed by atoms with Gasteiger partial charge in [-0.15, -0.1) is 0 Å². The van der Waals surface area contributed by atoms with E-state index in [0.29, 0.717) is 22.8 Å². The molecule has 186 valence electrons. The smallest absolute Gasteiger partial charge is 0.141 e. The molecule has 6 rings (SSSR count). The molecule has 1 heterocycles. The lowest BCUT2D eigenvalue weighted by Crippen LogP contribution is -2.44. The number of hydrogen-bond donors (Lipinski definition) is 0. The van der Waals surface area contributed by atoms with E-state index in [-0.39, 0.29) is 0 Å². The Morgan fingerprint density at radius 2 is 1.38 bits per heavy atom. The molecule has 3 aliphatic carbocycles. The van der Waals surface area contributed by atoms with Crippen molar-refractivity contribution in [3.63, 3.8) is 0 Å². The Bertz CT molecular complexity index is 1110. The van der Waals surface area contributed by atoms with E-state index in [1.807, 2.05) is 27.7 Å². The molecule has 2 nitrogen and oxygen atoms in total. The van der Waals surface area contributed by atoms with Gasteiger partial charge >= 0.3 is 0 Å². The molecule has 1 saturated carbocycles. The van der Waals surface area contributed by atoms with Crippen molar-refractivity contribution in [3.05, 3.63) is 53.1 Å². The highest BCUT2D eigenvalue weighted by Crippen LogP contribution is 2.57. The molecule has 0 N–H and O–H groups in total. The molecule has 2 heteroatoms. The SMILES string of the molecule is CC.CC.CCC(C)c1ccccc1-c1nc2cc3c(cc2n1C(C)C)C1(C)CCC3(C)CC1. The molecular formula is C32H48N2. The first-order chi connectivity index (χ1) is 16.3. The minimum atomic E-state index is 0.331. The maximum atomic E-state index is 5.29. The molecule has 3 aromatic rings. The topological polar surface area (TPSA) is 17.8 Å². The number of fused-ring (bicyclic) bond motifs is 3. The van der Waals surface area contributed by atoms with Crippen LogP contribution in [0.25, 0.3) is 22.4 Å². The summed E-state index contributed by atoms with van der Waals surface area (Å²) in [6, 6.07) is 14.2. The highest BCUT2D eigenvalue weighted by atomic mass is 15.1. The number of nitrogens with zero attached hydrogens (tertiary/aromatic N) is 2. The van der Waals surface area contributed by atoms with Crippen LogP contribution >= 0.6 is 0 Å². The van der Waals surface area contributed by atoms with Crippen LogP contribution < -0.4 is 0 Å². The minimum absolute atomic E-state index is 0.331. The normalized spacial score (nSPS) is 23.6. The van der Waals surface area contributed by atoms with Gasteiger partial charge in [-0.2, -0.15) is 0 Å². The summed E-state index contributed by atoms with van der Waals surface area (Å²) in [7, 11) is 0. The van der Waals surface area contributed by atoms with Crippen LogP contribution in [0.2, 0.25) is 0 Å². The van der Waals surface area contributed by atoms with Gasteiger partial charge in [-0.05, 0) is 91.5 Å². The van der Waals surface area contributed by atoms with Crippen LogP contribution in [-0.2, 0) is 10.8 Å². The highest BCUT2D eigenvalue weighted by molar-refractivity contribution is 5.84. The van der Waals surface area contributed by atoms with E-state index in [1.165, 1.54) is 47.8 Å². The van der Waals surface area contributed by atoms with Crippen LogP contribution in [0.3, 0.4) is 0 Å². The van der Waals surface area contributed by atoms with Crippen molar-refractivity contribution in [2.75, 3.05) is 0 Å². The van der Waals surface area contributed by atoms with E-state index in [9.17, 15) is 0 Å². The Hall–Kier alpha value is -2.09. The third-order valence-corrected chi connectivity index (χ3v) is 8.45. The van der Waals surface area contributed by atoms with Crippen molar-refractivity contribution in [3.8, 4) is 11.4 Å². The highest BCUT2D eigenvalue weighted by Gasteiger charge is 2.48. The van der Waals surface area contributed by atoms with Gasteiger partial charge in [-0.1, -0.05) is 79.7 Å². The molecule has 0 aliphatic heterocycles. The fourth-order valence-corrected chi connectivity index (χ4v) is 6.10. The average molecular weight is 461 g/mol. The Labute approximate surface area is 209 Å². The fraction of sp³-hybridized carbons (Fsp3) is 0.594. The van der Waals surface area contributed by atoms with E-state index in [0.717, 1.165) is 12.2 Å². The summed E-state index contributed by atoms with van der Waals surface area (Å²) in [5, 5.41) is 0. The lowest BCUT2D eigenvalue weighted by Gasteiger charge is -2.52. The van der Waals surface area contributed by atoms with Gasteiger partial charge in [0, 0.05) is 11.6 Å². The molecule has 3 aliphatic rings. The predicted molar refractivity (Wildman–Crippen MR) is 150 cm³/mol. The summed E-state index contributed by atoms with van der Waals surface area (Å²) in [6.07, 6.45) is 6.42. The Morgan fingerprint density at radius 3 is 1.91 bits per heavy atom. The van der Waals surface area contributed by atoms with Crippen molar-refractivity contribution < 1.29 is 0 Å². The monoisotopic (exact) mass is 460 g/mol. The van der Waals surface area contributed by atoms with E-state index in [4.69, 9.17) is 4.98 Å². The lowest BCUT2D eigenvalue weighted by molar-refractivity contribution is 0.188. The van der Waals surface area contributed by atoms with Crippen LogP contribution in [-0.4, -0.2) is 9.55 Å². The maximum Gasteiger partial charge on any atom is 0.141 e. The van der Waals surface area contributed by atoms with Crippen LogP contribution in [0, 0.1) is 0 Å². The number of imidazole rings is 1. The molecule has 0 saturated heterocycles. The largest absolute Gasteiger partial charge is 0.321 e. The zero-order chi connectivity index (χ0) is 25.3. The van der Waals surface area contributed by atoms with E-state index in [1.54, 1.807) is 11.1 Å². The molecule has 2 bridgehead atoms. The molecule has 2 aromatic carbocycles. The Morgan fingerprint density at radius 1 is 0.853 bits per heavy atom. The Kier molecular flexibility index (Phi) is 8.00. The number of benzene rings is 2. The van der Waals surface area contributed by atoms with Gasteiger partial charge in [0.05, 0.1) is 11.0 Å². The van der Waals surface area contributed by atoms with Crippen LogP contribution in [0.5, 0.6) is 0 Å². The van der Waals surface area contributed by atoms with Crippen molar-refractivity contribution in [2.45, 2.75) is 124 Å². The zero-order valence-corrected chi connectivity index (χ0v) is 23.5. The van der Waals surface area contributed by atoms with Gasteiger partial charge < -0.3 is 4.57 Å². The summed E-state index contributed by atoms with van der Waals surface area (Å²) in [6.45, 7) is 22.2. The summed E-state index contributed by atoms with van der Waals surface area (Å²) in [5.41, 5.74) is 9.04. The third kappa shape index (κ3) is 4.23.